The average Bonchev–Trinajstić information content (AvgIpc) is 3.25. The fraction of sp³-hybridized carbons (Fsp3) is 0.333. The molecule has 0 bridgehead atoms. The normalized spacial score (nSPS) is 13.5. The highest BCUT2D eigenvalue weighted by Gasteiger charge is 2.39. The molecule has 13 heteroatoms. The Morgan fingerprint density at radius 2 is 2.13 bits per heavy atom. The van der Waals surface area contributed by atoms with Gasteiger partial charge in [-0.3, -0.25) is 19.9 Å². The summed E-state index contributed by atoms with van der Waals surface area (Å²) < 4.78 is 59.0. The van der Waals surface area contributed by atoms with Crippen LogP contribution in [-0.4, -0.2) is 51.6 Å². The second kappa shape index (κ2) is 8.71. The largest absolute Gasteiger partial charge is 0.435 e. The maximum Gasteiger partial charge on any atom is 0.435 e. The smallest absolute Gasteiger partial charge is 0.382 e. The van der Waals surface area contributed by atoms with Gasteiger partial charge in [0.05, 0.1) is 23.7 Å². The van der Waals surface area contributed by atoms with Crippen LogP contribution < -0.4 is 10.6 Å². The van der Waals surface area contributed by atoms with Crippen molar-refractivity contribution in [3.63, 3.8) is 0 Å². The first-order chi connectivity index (χ1) is 14.6. The molecule has 0 aliphatic carbocycles. The second-order valence-electron chi connectivity index (χ2n) is 6.69. The van der Waals surface area contributed by atoms with Gasteiger partial charge >= 0.3 is 6.18 Å². The number of nitrogens with one attached hydrogen (secondary N) is 3. The molecule has 0 spiro atoms. The lowest BCUT2D eigenvalue weighted by atomic mass is 10.2. The number of methoxy groups -OCH3 is 1. The number of aliphatic imine (C=N–C) groups is 1. The van der Waals surface area contributed by atoms with Crippen molar-refractivity contribution in [1.82, 2.24) is 25.3 Å². The van der Waals surface area contributed by atoms with Crippen LogP contribution in [0.1, 0.15) is 23.0 Å². The molecule has 0 saturated heterocycles. The van der Waals surface area contributed by atoms with Crippen LogP contribution in [0.15, 0.2) is 29.4 Å². The Hall–Kier alpha value is -3.48. The highest BCUT2D eigenvalue weighted by molar-refractivity contribution is 6.12. The number of hydrogen-bond donors (Lipinski definition) is 3. The van der Waals surface area contributed by atoms with E-state index in [-0.39, 0.29) is 18.4 Å². The standard InChI is InChI=1S/C18H19F4N7O2/c1-9(8-31-3)23-17(24-15-11-5-4-10(19)6-13(11)26-27-15)25-16(30)12-7-29(2)28-14(12)18(20,21)22/h4-7,9H,8H2,1-3H3,(H3,23,24,25,26,27,30)/t9-/m0/s1. The number of benzene rings is 1. The molecule has 2 aromatic heterocycles. The summed E-state index contributed by atoms with van der Waals surface area (Å²) in [5, 5.41) is 15.5. The van der Waals surface area contributed by atoms with Crippen molar-refractivity contribution in [2.24, 2.45) is 12.0 Å². The molecule has 166 valence electrons. The number of carbonyl (C=O) groups excluding carboxylic acids is 1. The molecule has 1 atom stereocenters. The van der Waals surface area contributed by atoms with Gasteiger partial charge < -0.3 is 10.1 Å². The predicted molar refractivity (Wildman–Crippen MR) is 104 cm³/mol. The van der Waals surface area contributed by atoms with Crippen molar-refractivity contribution < 1.29 is 27.1 Å². The van der Waals surface area contributed by atoms with E-state index in [1.165, 1.54) is 32.4 Å². The number of amides is 1. The summed E-state index contributed by atoms with van der Waals surface area (Å²) in [7, 11) is 2.73. The first-order valence-electron chi connectivity index (χ1n) is 8.98. The molecule has 2 heterocycles. The Labute approximate surface area is 173 Å². The maximum absolute atomic E-state index is 13.4. The molecule has 3 rings (SSSR count). The molecule has 0 fully saturated rings. The van der Waals surface area contributed by atoms with Crippen LogP contribution in [0.4, 0.5) is 23.4 Å². The Morgan fingerprint density at radius 3 is 2.81 bits per heavy atom. The third-order valence-corrected chi connectivity index (χ3v) is 4.09. The number of H-pyrrole nitrogens is 1. The van der Waals surface area contributed by atoms with Gasteiger partial charge in [-0.05, 0) is 25.1 Å². The van der Waals surface area contributed by atoms with E-state index in [1.54, 1.807) is 6.92 Å². The lowest BCUT2D eigenvalue weighted by Gasteiger charge is -2.13. The summed E-state index contributed by atoms with van der Waals surface area (Å²) in [6.07, 6.45) is -3.86. The van der Waals surface area contributed by atoms with E-state index in [0.717, 1.165) is 10.9 Å². The Kier molecular flexibility index (Phi) is 6.24. The van der Waals surface area contributed by atoms with Crippen LogP contribution >= 0.6 is 0 Å². The van der Waals surface area contributed by atoms with Gasteiger partial charge in [-0.2, -0.15) is 23.4 Å². The Morgan fingerprint density at radius 1 is 1.39 bits per heavy atom. The fourth-order valence-corrected chi connectivity index (χ4v) is 2.83. The van der Waals surface area contributed by atoms with Crippen LogP contribution in [0.5, 0.6) is 0 Å². The number of nitrogens with zero attached hydrogens (tertiary/aromatic N) is 4. The highest BCUT2D eigenvalue weighted by atomic mass is 19.4. The third kappa shape index (κ3) is 5.17. The maximum atomic E-state index is 13.4. The van der Waals surface area contributed by atoms with E-state index >= 15 is 0 Å². The van der Waals surface area contributed by atoms with Gasteiger partial charge in [0, 0.05) is 25.7 Å². The number of aromatic nitrogens is 4. The number of guanidine groups is 1. The molecule has 1 aromatic carbocycles. The SMILES string of the molecule is COC[C@H](C)N=C(NC(=O)c1cn(C)nc1C(F)(F)F)Nc1n[nH]c2cc(F)ccc12. The summed E-state index contributed by atoms with van der Waals surface area (Å²) in [6.45, 7) is 1.87. The molecule has 3 N–H and O–H groups in total. The monoisotopic (exact) mass is 441 g/mol. The number of halogens is 4. The molecular formula is C18H19F4N7O2. The number of aryl methyl sites for hydroxylation is 1. The van der Waals surface area contributed by atoms with Crippen molar-refractivity contribution in [2.75, 3.05) is 19.0 Å². The fourth-order valence-electron chi connectivity index (χ4n) is 2.83. The molecule has 31 heavy (non-hydrogen) atoms. The molecule has 1 amide bonds. The van der Waals surface area contributed by atoms with Gasteiger partial charge in [-0.1, -0.05) is 0 Å². The van der Waals surface area contributed by atoms with Gasteiger partial charge in [-0.25, -0.2) is 9.38 Å². The Balaban J connectivity index is 1.92. The van der Waals surface area contributed by atoms with Crippen molar-refractivity contribution in [3.8, 4) is 0 Å². The molecule has 0 aliphatic rings. The van der Waals surface area contributed by atoms with Crippen LogP contribution in [0, 0.1) is 5.82 Å². The topological polar surface area (TPSA) is 109 Å². The lowest BCUT2D eigenvalue weighted by Crippen LogP contribution is -2.38. The molecule has 0 radical (unpaired) electrons. The number of ether oxygens (including phenoxy) is 1. The van der Waals surface area contributed by atoms with E-state index < -0.39 is 35.2 Å². The van der Waals surface area contributed by atoms with Crippen LogP contribution in [0.25, 0.3) is 10.9 Å². The molecule has 0 saturated carbocycles. The summed E-state index contributed by atoms with van der Waals surface area (Å²) in [6, 6.07) is 3.45. The molecular weight excluding hydrogens is 422 g/mol. The quantitative estimate of drug-likeness (QED) is 0.321. The van der Waals surface area contributed by atoms with Gasteiger partial charge in [0.15, 0.2) is 11.5 Å². The van der Waals surface area contributed by atoms with E-state index in [9.17, 15) is 22.4 Å². The first kappa shape index (κ1) is 22.2. The van der Waals surface area contributed by atoms with Crippen molar-refractivity contribution in [3.05, 3.63) is 41.5 Å². The zero-order chi connectivity index (χ0) is 22.8. The molecule has 0 aliphatic heterocycles. The molecule has 9 nitrogen and oxygen atoms in total. The van der Waals surface area contributed by atoms with Gasteiger partial charge in [-0.15, -0.1) is 0 Å². The number of fused-ring (bicyclic) bond motifs is 1. The van der Waals surface area contributed by atoms with E-state index in [0.29, 0.717) is 10.9 Å². The average molecular weight is 441 g/mol. The summed E-state index contributed by atoms with van der Waals surface area (Å²) in [5.74, 6) is -1.51. The van der Waals surface area contributed by atoms with Crippen molar-refractivity contribution in [1.29, 1.82) is 0 Å². The molecule has 0 unspecified atom stereocenters. The minimum atomic E-state index is -4.82. The number of anilines is 1. The van der Waals surface area contributed by atoms with E-state index in [1.807, 2.05) is 0 Å². The highest BCUT2D eigenvalue weighted by Crippen LogP contribution is 2.30. The number of hydrogen-bond acceptors (Lipinski definition) is 5. The molecule has 3 aromatic rings. The number of rotatable bonds is 5. The van der Waals surface area contributed by atoms with Gasteiger partial charge in [0.1, 0.15) is 5.82 Å². The van der Waals surface area contributed by atoms with Crippen LogP contribution in [0.2, 0.25) is 0 Å². The summed E-state index contributed by atoms with van der Waals surface area (Å²) in [4.78, 5) is 16.9. The van der Waals surface area contributed by atoms with Gasteiger partial charge in [0.25, 0.3) is 5.91 Å². The zero-order valence-corrected chi connectivity index (χ0v) is 16.7. The van der Waals surface area contributed by atoms with E-state index in [2.05, 4.69) is 30.9 Å². The summed E-state index contributed by atoms with van der Waals surface area (Å²) in [5.41, 5.74) is -1.61. The number of alkyl halides is 3. The van der Waals surface area contributed by atoms with Crippen molar-refractivity contribution >= 4 is 28.6 Å². The first-order valence-corrected chi connectivity index (χ1v) is 8.98. The third-order valence-electron chi connectivity index (χ3n) is 4.09. The summed E-state index contributed by atoms with van der Waals surface area (Å²) >= 11 is 0. The van der Waals surface area contributed by atoms with Gasteiger partial charge in [0.2, 0.25) is 5.96 Å². The number of carbonyl (C=O) groups is 1. The number of aromatic amines is 1. The predicted octanol–water partition coefficient (Wildman–Crippen LogP) is 2.69. The van der Waals surface area contributed by atoms with Crippen molar-refractivity contribution in [2.45, 2.75) is 19.1 Å². The minimum Gasteiger partial charge on any atom is -0.382 e. The zero-order valence-electron chi connectivity index (χ0n) is 16.7. The van der Waals surface area contributed by atoms with Crippen LogP contribution in [0.3, 0.4) is 0 Å². The minimum absolute atomic E-state index is 0.163. The van der Waals surface area contributed by atoms with E-state index in [4.69, 9.17) is 4.74 Å². The second-order valence-corrected chi connectivity index (χ2v) is 6.69. The van der Waals surface area contributed by atoms with Crippen LogP contribution in [-0.2, 0) is 18.0 Å². The Bertz CT molecular complexity index is 1120. The lowest BCUT2D eigenvalue weighted by molar-refractivity contribution is -0.141.